The van der Waals surface area contributed by atoms with Gasteiger partial charge in [0.05, 0.1) is 0 Å². The van der Waals surface area contributed by atoms with Crippen LogP contribution in [0.15, 0.2) is 30.3 Å². The van der Waals surface area contributed by atoms with Gasteiger partial charge in [0.2, 0.25) is 0 Å². The lowest BCUT2D eigenvalue weighted by Gasteiger charge is -2.11. The molecule has 0 unspecified atom stereocenters. The highest BCUT2D eigenvalue weighted by Gasteiger charge is 2.47. The highest BCUT2D eigenvalue weighted by atomic mass is 16.8. The van der Waals surface area contributed by atoms with Crippen molar-refractivity contribution in [2.75, 3.05) is 0 Å². The molecule has 4 heteroatoms. The second kappa shape index (κ2) is 1.98. The topological polar surface area (TPSA) is 27.7 Å². The van der Waals surface area contributed by atoms with Gasteiger partial charge < -0.3 is 14.0 Å². The number of fused-ring (bicyclic) bond motifs is 3. The lowest BCUT2D eigenvalue weighted by molar-refractivity contribution is 0.385. The highest BCUT2D eigenvalue weighted by Crippen LogP contribution is 2.51. The predicted octanol–water partition coefficient (Wildman–Crippen LogP) is 1.99. The van der Waals surface area contributed by atoms with E-state index in [0.717, 1.165) is 28.0 Å². The van der Waals surface area contributed by atoms with Crippen LogP contribution in [0.2, 0.25) is 0 Å². The van der Waals surface area contributed by atoms with Gasteiger partial charge in [-0.05, 0) is 11.5 Å². The Bertz CT molecular complexity index is 550. The summed E-state index contributed by atoms with van der Waals surface area (Å²) in [4.78, 5) is 0. The summed E-state index contributed by atoms with van der Waals surface area (Å²) in [5.41, 5.74) is 0. The van der Waals surface area contributed by atoms with E-state index in [9.17, 15) is 0 Å². The molecule has 2 aromatic rings. The Morgan fingerprint density at radius 2 is 1.79 bits per heavy atom. The Balaban J connectivity index is 2.23. The van der Waals surface area contributed by atoms with Crippen molar-refractivity contribution in [2.24, 2.45) is 0 Å². The smallest absolute Gasteiger partial charge is 0.486 e. The molecule has 2 aliphatic rings. The zero-order valence-electron chi connectivity index (χ0n) is 7.19. The molecule has 0 aliphatic carbocycles. The quantitative estimate of drug-likeness (QED) is 0.585. The minimum Gasteiger partial charge on any atom is -0.486 e. The van der Waals surface area contributed by atoms with Crippen molar-refractivity contribution in [1.29, 1.82) is 0 Å². The molecule has 0 saturated carbocycles. The first-order valence-electron chi connectivity index (χ1n) is 4.47. The van der Waals surface area contributed by atoms with E-state index in [-0.39, 0.29) is 0 Å². The van der Waals surface area contributed by atoms with Crippen LogP contribution in [-0.4, -0.2) is 7.32 Å². The molecule has 2 aromatic carbocycles. The SMILES string of the molecule is c1ccc2c3c4c(cc2c1)OB(O4)O3. The van der Waals surface area contributed by atoms with Crippen LogP contribution in [0.1, 0.15) is 0 Å². The molecular weight excluding hydrogens is 179 g/mol. The average Bonchev–Trinajstić information content (AvgIpc) is 2.76. The summed E-state index contributed by atoms with van der Waals surface area (Å²) in [6.07, 6.45) is 0. The first-order chi connectivity index (χ1) is 6.92. The van der Waals surface area contributed by atoms with Crippen LogP contribution in [-0.2, 0) is 0 Å². The minimum atomic E-state index is -0.556. The molecule has 0 fully saturated rings. The van der Waals surface area contributed by atoms with Crippen LogP contribution < -0.4 is 14.0 Å². The molecular formula is C10H5BO3. The van der Waals surface area contributed by atoms with Gasteiger partial charge in [0, 0.05) is 5.39 Å². The van der Waals surface area contributed by atoms with E-state index in [2.05, 4.69) is 0 Å². The maximum atomic E-state index is 5.45. The number of benzene rings is 2. The Morgan fingerprint density at radius 3 is 2.71 bits per heavy atom. The van der Waals surface area contributed by atoms with Crippen LogP contribution in [0.3, 0.4) is 0 Å². The van der Waals surface area contributed by atoms with Crippen LogP contribution in [0.25, 0.3) is 10.8 Å². The summed E-state index contributed by atoms with van der Waals surface area (Å²) in [5.74, 6) is 2.35. The van der Waals surface area contributed by atoms with E-state index < -0.39 is 7.32 Å². The fourth-order valence-electron chi connectivity index (χ4n) is 1.96. The van der Waals surface area contributed by atoms with Gasteiger partial charge in [0.15, 0.2) is 17.2 Å². The van der Waals surface area contributed by atoms with E-state index >= 15 is 0 Å². The van der Waals surface area contributed by atoms with E-state index in [1.165, 1.54) is 0 Å². The van der Waals surface area contributed by atoms with Crippen LogP contribution in [0.4, 0.5) is 0 Å². The summed E-state index contributed by atoms with van der Waals surface area (Å²) < 4.78 is 16.2. The van der Waals surface area contributed by atoms with Gasteiger partial charge in [-0.2, -0.15) is 0 Å². The van der Waals surface area contributed by atoms with Crippen LogP contribution >= 0.6 is 0 Å². The molecule has 2 aliphatic heterocycles. The van der Waals surface area contributed by atoms with Crippen molar-refractivity contribution < 1.29 is 14.0 Å². The predicted molar refractivity (Wildman–Crippen MR) is 51.6 cm³/mol. The van der Waals surface area contributed by atoms with Crippen LogP contribution in [0.5, 0.6) is 17.2 Å². The van der Waals surface area contributed by atoms with Gasteiger partial charge in [-0.3, -0.25) is 0 Å². The lowest BCUT2D eigenvalue weighted by atomic mass is 10.1. The van der Waals surface area contributed by atoms with Crippen molar-refractivity contribution in [1.82, 2.24) is 0 Å². The molecule has 0 amide bonds. The average molecular weight is 184 g/mol. The molecule has 0 atom stereocenters. The van der Waals surface area contributed by atoms with E-state index in [0.29, 0.717) is 0 Å². The highest BCUT2D eigenvalue weighted by molar-refractivity contribution is 6.44. The second-order valence-electron chi connectivity index (χ2n) is 3.40. The van der Waals surface area contributed by atoms with Crippen molar-refractivity contribution in [2.45, 2.75) is 0 Å². The van der Waals surface area contributed by atoms with Gasteiger partial charge in [-0.1, -0.05) is 24.3 Å². The third-order valence-electron chi connectivity index (χ3n) is 2.57. The molecule has 0 aromatic heterocycles. The normalized spacial score (nSPS) is 15.3. The fourth-order valence-corrected chi connectivity index (χ4v) is 1.96. The van der Waals surface area contributed by atoms with E-state index in [1.54, 1.807) is 0 Å². The monoisotopic (exact) mass is 184 g/mol. The summed E-state index contributed by atoms with van der Waals surface area (Å²) in [7, 11) is -0.556. The first kappa shape index (κ1) is 6.59. The maximum Gasteiger partial charge on any atom is 0.864 e. The number of rotatable bonds is 0. The van der Waals surface area contributed by atoms with Crippen LogP contribution in [0, 0.1) is 0 Å². The molecule has 3 nitrogen and oxygen atoms in total. The maximum absolute atomic E-state index is 5.45. The zero-order valence-corrected chi connectivity index (χ0v) is 7.19. The minimum absolute atomic E-state index is 0.556. The summed E-state index contributed by atoms with van der Waals surface area (Å²) >= 11 is 0. The van der Waals surface area contributed by atoms with E-state index in [1.807, 2.05) is 30.3 Å². The third kappa shape index (κ3) is 0.618. The molecule has 0 saturated heterocycles. The van der Waals surface area contributed by atoms with Crippen molar-refractivity contribution >= 4 is 18.1 Å². The van der Waals surface area contributed by atoms with Crippen molar-refractivity contribution in [3.63, 3.8) is 0 Å². The zero-order chi connectivity index (χ0) is 9.12. The van der Waals surface area contributed by atoms with Gasteiger partial charge in [0.25, 0.3) is 0 Å². The fraction of sp³-hybridized carbons (Fsp3) is 0. The Labute approximate surface area is 80.4 Å². The Kier molecular flexibility index (Phi) is 0.930. The number of hydrogen-bond acceptors (Lipinski definition) is 3. The number of hydrogen-bond donors (Lipinski definition) is 0. The van der Waals surface area contributed by atoms with Crippen molar-refractivity contribution in [3.8, 4) is 17.2 Å². The lowest BCUT2D eigenvalue weighted by Crippen LogP contribution is -2.29. The molecule has 14 heavy (non-hydrogen) atoms. The molecule has 2 heterocycles. The van der Waals surface area contributed by atoms with Gasteiger partial charge in [-0.25, -0.2) is 0 Å². The largest absolute Gasteiger partial charge is 0.864 e. The molecule has 4 rings (SSSR count). The first-order valence-corrected chi connectivity index (χ1v) is 4.47. The Morgan fingerprint density at radius 1 is 0.929 bits per heavy atom. The van der Waals surface area contributed by atoms with Gasteiger partial charge >= 0.3 is 7.32 Å². The van der Waals surface area contributed by atoms with E-state index in [4.69, 9.17) is 14.0 Å². The Hall–Kier alpha value is -1.84. The van der Waals surface area contributed by atoms with Gasteiger partial charge in [-0.15, -0.1) is 0 Å². The van der Waals surface area contributed by atoms with Crippen molar-refractivity contribution in [3.05, 3.63) is 30.3 Å². The summed E-state index contributed by atoms with van der Waals surface area (Å²) in [5, 5.41) is 2.20. The molecule has 2 bridgehead atoms. The second-order valence-corrected chi connectivity index (χ2v) is 3.40. The summed E-state index contributed by atoms with van der Waals surface area (Å²) in [6, 6.07) is 10.0. The third-order valence-corrected chi connectivity index (χ3v) is 2.57. The molecule has 66 valence electrons. The molecule has 0 spiro atoms. The molecule has 0 N–H and O–H groups in total. The summed E-state index contributed by atoms with van der Waals surface area (Å²) in [6.45, 7) is 0. The standard InChI is InChI=1S/C10H5BO3/c1-2-4-7-6(3-1)5-8-10-9(7)13-11(12-8)14-10/h1-5H. The van der Waals surface area contributed by atoms with Gasteiger partial charge in [0.1, 0.15) is 0 Å². The molecule has 0 radical (unpaired) electrons.